The van der Waals surface area contributed by atoms with E-state index in [2.05, 4.69) is 15.7 Å². The lowest BCUT2D eigenvalue weighted by Crippen LogP contribution is -2.48. The van der Waals surface area contributed by atoms with Crippen molar-refractivity contribution in [3.63, 3.8) is 0 Å². The molecule has 17 heavy (non-hydrogen) atoms. The maximum Gasteiger partial charge on any atom is 0.325 e. The average molecular weight is 240 g/mol. The van der Waals surface area contributed by atoms with Gasteiger partial charge in [-0.05, 0) is 19.9 Å². The molecule has 1 aromatic rings. The van der Waals surface area contributed by atoms with E-state index in [0.29, 0.717) is 6.54 Å². The van der Waals surface area contributed by atoms with Gasteiger partial charge in [0.15, 0.2) is 0 Å². The van der Waals surface area contributed by atoms with Gasteiger partial charge in [0, 0.05) is 18.4 Å². The second-order valence-electron chi connectivity index (χ2n) is 3.81. The number of carbonyl (C=O) groups excluding carboxylic acids is 1. The Hall–Kier alpha value is -2.05. The van der Waals surface area contributed by atoms with Crippen molar-refractivity contribution in [1.29, 1.82) is 0 Å². The summed E-state index contributed by atoms with van der Waals surface area (Å²) in [4.78, 5) is 21.9. The molecule has 0 aliphatic rings. The third kappa shape index (κ3) is 4.54. The van der Waals surface area contributed by atoms with Crippen molar-refractivity contribution in [3.05, 3.63) is 18.5 Å². The molecule has 1 rings (SSSR count). The first-order chi connectivity index (χ1) is 7.99. The predicted octanol–water partition coefficient (Wildman–Crippen LogP) is 0.0439. The van der Waals surface area contributed by atoms with Crippen molar-refractivity contribution in [3.8, 4) is 0 Å². The van der Waals surface area contributed by atoms with E-state index in [1.54, 1.807) is 23.1 Å². The van der Waals surface area contributed by atoms with Gasteiger partial charge in [-0.2, -0.15) is 5.10 Å². The van der Waals surface area contributed by atoms with Gasteiger partial charge in [-0.3, -0.25) is 9.48 Å². The van der Waals surface area contributed by atoms with Crippen LogP contribution >= 0.6 is 0 Å². The molecule has 0 aliphatic heterocycles. The third-order valence-corrected chi connectivity index (χ3v) is 2.12. The first-order valence-corrected chi connectivity index (χ1v) is 5.26. The normalized spacial score (nSPS) is 13.8. The van der Waals surface area contributed by atoms with Gasteiger partial charge < -0.3 is 15.7 Å². The van der Waals surface area contributed by atoms with Crippen LogP contribution in [0.2, 0.25) is 0 Å². The molecule has 0 aromatic carbocycles. The van der Waals surface area contributed by atoms with Crippen LogP contribution in [-0.4, -0.2) is 39.0 Å². The zero-order valence-electron chi connectivity index (χ0n) is 9.75. The van der Waals surface area contributed by atoms with Gasteiger partial charge in [0.1, 0.15) is 6.04 Å². The number of hydrogen-bond donors (Lipinski definition) is 3. The molecule has 7 heteroatoms. The van der Waals surface area contributed by atoms with Gasteiger partial charge in [-0.25, -0.2) is 4.79 Å². The minimum Gasteiger partial charge on any atom is -0.480 e. The van der Waals surface area contributed by atoms with E-state index in [9.17, 15) is 9.59 Å². The van der Waals surface area contributed by atoms with Crippen LogP contribution in [0, 0.1) is 0 Å². The fourth-order valence-corrected chi connectivity index (χ4v) is 1.26. The fraction of sp³-hybridized carbons (Fsp3) is 0.500. The summed E-state index contributed by atoms with van der Waals surface area (Å²) >= 11 is 0. The molecule has 0 fully saturated rings. The molecular formula is C10H16N4O3. The Labute approximate surface area is 98.8 Å². The number of carboxylic acids is 1. The van der Waals surface area contributed by atoms with Crippen LogP contribution in [0.25, 0.3) is 0 Å². The van der Waals surface area contributed by atoms with Crippen molar-refractivity contribution in [1.82, 2.24) is 20.4 Å². The van der Waals surface area contributed by atoms with Crippen LogP contribution in [0.3, 0.4) is 0 Å². The van der Waals surface area contributed by atoms with Gasteiger partial charge in [-0.1, -0.05) is 0 Å². The topological polar surface area (TPSA) is 96.3 Å². The fourth-order valence-electron chi connectivity index (χ4n) is 1.26. The minimum atomic E-state index is -1.07. The molecule has 94 valence electrons. The molecule has 3 N–H and O–H groups in total. The average Bonchev–Trinajstić information content (AvgIpc) is 2.69. The van der Waals surface area contributed by atoms with Gasteiger partial charge in [0.25, 0.3) is 0 Å². The number of carbonyl (C=O) groups is 2. The highest BCUT2D eigenvalue weighted by Crippen LogP contribution is 1.91. The maximum absolute atomic E-state index is 11.4. The zero-order valence-corrected chi connectivity index (χ0v) is 9.75. The highest BCUT2D eigenvalue weighted by molar-refractivity contribution is 5.82. The Bertz CT molecular complexity index is 377. The SMILES string of the molecule is CC(Cn1cccn1)NC(=O)N[C@H](C)C(=O)O. The second kappa shape index (κ2) is 5.88. The highest BCUT2D eigenvalue weighted by atomic mass is 16.4. The van der Waals surface area contributed by atoms with Gasteiger partial charge in [0.2, 0.25) is 0 Å². The number of carboxylic acid groups (broad SMARTS) is 1. The highest BCUT2D eigenvalue weighted by Gasteiger charge is 2.15. The van der Waals surface area contributed by atoms with E-state index in [1.165, 1.54) is 6.92 Å². The summed E-state index contributed by atoms with van der Waals surface area (Å²) < 4.78 is 1.69. The number of rotatable bonds is 5. The molecule has 0 aliphatic carbocycles. The molecule has 2 atom stereocenters. The van der Waals surface area contributed by atoms with E-state index in [4.69, 9.17) is 5.11 Å². The first kappa shape index (κ1) is 13.0. The summed E-state index contributed by atoms with van der Waals surface area (Å²) in [6, 6.07) is 0.238. The van der Waals surface area contributed by atoms with Crippen molar-refractivity contribution < 1.29 is 14.7 Å². The third-order valence-electron chi connectivity index (χ3n) is 2.12. The number of aromatic nitrogens is 2. The molecule has 1 unspecified atom stereocenters. The Morgan fingerprint density at radius 3 is 2.65 bits per heavy atom. The van der Waals surface area contributed by atoms with E-state index in [0.717, 1.165) is 0 Å². The van der Waals surface area contributed by atoms with Crippen molar-refractivity contribution in [2.45, 2.75) is 32.5 Å². The summed E-state index contributed by atoms with van der Waals surface area (Å²) in [6.45, 7) is 3.74. The summed E-state index contributed by atoms with van der Waals surface area (Å²) in [7, 11) is 0. The lowest BCUT2D eigenvalue weighted by molar-refractivity contribution is -0.138. The quantitative estimate of drug-likeness (QED) is 0.677. The van der Waals surface area contributed by atoms with Crippen molar-refractivity contribution in [2.24, 2.45) is 0 Å². The van der Waals surface area contributed by atoms with Crippen LogP contribution in [0.4, 0.5) is 4.79 Å². The Kier molecular flexibility index (Phi) is 4.50. The van der Waals surface area contributed by atoms with Crippen molar-refractivity contribution in [2.75, 3.05) is 0 Å². The molecule has 0 saturated carbocycles. The summed E-state index contributed by atoms with van der Waals surface area (Å²) in [5.74, 6) is -1.07. The second-order valence-corrected chi connectivity index (χ2v) is 3.81. The number of nitrogens with zero attached hydrogens (tertiary/aromatic N) is 2. The summed E-state index contributed by atoms with van der Waals surface area (Å²) in [5, 5.41) is 17.6. The van der Waals surface area contributed by atoms with Crippen LogP contribution < -0.4 is 10.6 Å². The predicted molar refractivity (Wildman–Crippen MR) is 60.5 cm³/mol. The Morgan fingerprint density at radius 1 is 1.41 bits per heavy atom. The monoisotopic (exact) mass is 240 g/mol. The summed E-state index contributed by atoms with van der Waals surface area (Å²) in [6.07, 6.45) is 3.44. The van der Waals surface area contributed by atoms with Crippen LogP contribution in [0.1, 0.15) is 13.8 Å². The van der Waals surface area contributed by atoms with Crippen LogP contribution in [0.5, 0.6) is 0 Å². The van der Waals surface area contributed by atoms with Gasteiger partial charge in [0.05, 0.1) is 6.54 Å². The molecule has 2 amide bonds. The minimum absolute atomic E-state index is 0.143. The standard InChI is InChI=1S/C10H16N4O3/c1-7(6-14-5-3-4-11-14)12-10(17)13-8(2)9(15)16/h3-5,7-8H,6H2,1-2H3,(H,15,16)(H2,12,13,17)/t7?,8-/m1/s1. The molecule has 0 spiro atoms. The smallest absolute Gasteiger partial charge is 0.325 e. The molecule has 0 saturated heterocycles. The number of urea groups is 1. The van der Waals surface area contributed by atoms with Gasteiger partial charge >= 0.3 is 12.0 Å². The van der Waals surface area contributed by atoms with E-state index in [-0.39, 0.29) is 6.04 Å². The molecule has 0 radical (unpaired) electrons. The largest absolute Gasteiger partial charge is 0.480 e. The summed E-state index contributed by atoms with van der Waals surface area (Å²) in [5.41, 5.74) is 0. The van der Waals surface area contributed by atoms with E-state index in [1.807, 2.05) is 6.92 Å². The number of amides is 2. The lowest BCUT2D eigenvalue weighted by Gasteiger charge is -2.16. The molecular weight excluding hydrogens is 224 g/mol. The van der Waals surface area contributed by atoms with Crippen LogP contribution in [-0.2, 0) is 11.3 Å². The van der Waals surface area contributed by atoms with E-state index >= 15 is 0 Å². The maximum atomic E-state index is 11.4. The number of aliphatic carboxylic acids is 1. The molecule has 1 heterocycles. The van der Waals surface area contributed by atoms with Crippen LogP contribution in [0.15, 0.2) is 18.5 Å². The number of nitrogens with one attached hydrogen (secondary N) is 2. The lowest BCUT2D eigenvalue weighted by atomic mass is 10.3. The molecule has 1 aromatic heterocycles. The van der Waals surface area contributed by atoms with E-state index < -0.39 is 18.0 Å². The molecule has 7 nitrogen and oxygen atoms in total. The van der Waals surface area contributed by atoms with Crippen molar-refractivity contribution >= 4 is 12.0 Å². The Balaban J connectivity index is 2.33. The Morgan fingerprint density at radius 2 is 2.12 bits per heavy atom. The zero-order chi connectivity index (χ0) is 12.8. The van der Waals surface area contributed by atoms with Gasteiger partial charge in [-0.15, -0.1) is 0 Å². The first-order valence-electron chi connectivity index (χ1n) is 5.26. The number of hydrogen-bond acceptors (Lipinski definition) is 3. The molecule has 0 bridgehead atoms.